The molecule has 0 spiro atoms. The van der Waals surface area contributed by atoms with Crippen LogP contribution in [0, 0.1) is 0 Å². The Labute approximate surface area is 125 Å². The summed E-state index contributed by atoms with van der Waals surface area (Å²) in [5.41, 5.74) is 0. The number of hydrogen-bond acceptors (Lipinski definition) is 2. The SMILES string of the molecule is CCNC(=NCC(C)N(CC)CC)NC1CCCCC1. The van der Waals surface area contributed by atoms with Crippen molar-refractivity contribution in [1.82, 2.24) is 15.5 Å². The van der Waals surface area contributed by atoms with Gasteiger partial charge in [0.2, 0.25) is 0 Å². The van der Waals surface area contributed by atoms with Gasteiger partial charge in [0.05, 0.1) is 6.54 Å². The van der Waals surface area contributed by atoms with Crippen molar-refractivity contribution in [3.05, 3.63) is 0 Å². The van der Waals surface area contributed by atoms with Crippen LogP contribution in [0.15, 0.2) is 4.99 Å². The molecule has 0 radical (unpaired) electrons. The standard InChI is InChI=1S/C16H34N4/c1-5-17-16(19-15-11-9-8-10-12-15)18-13-14(4)20(6-2)7-3/h14-15H,5-13H2,1-4H3,(H2,17,18,19). The first-order chi connectivity index (χ1) is 9.71. The molecule has 0 aromatic carbocycles. The van der Waals surface area contributed by atoms with Gasteiger partial charge in [-0.05, 0) is 39.8 Å². The van der Waals surface area contributed by atoms with Crippen LogP contribution in [0.5, 0.6) is 0 Å². The number of guanidine groups is 1. The Balaban J connectivity index is 2.48. The maximum Gasteiger partial charge on any atom is 0.191 e. The van der Waals surface area contributed by atoms with Crippen LogP contribution in [0.4, 0.5) is 0 Å². The quantitative estimate of drug-likeness (QED) is 0.557. The summed E-state index contributed by atoms with van der Waals surface area (Å²) in [7, 11) is 0. The lowest BCUT2D eigenvalue weighted by Crippen LogP contribution is -2.45. The van der Waals surface area contributed by atoms with Gasteiger partial charge in [-0.2, -0.15) is 0 Å². The molecule has 2 N–H and O–H groups in total. The zero-order chi connectivity index (χ0) is 14.8. The number of rotatable bonds is 7. The van der Waals surface area contributed by atoms with E-state index in [0.29, 0.717) is 12.1 Å². The van der Waals surface area contributed by atoms with Gasteiger partial charge in [-0.25, -0.2) is 0 Å². The van der Waals surface area contributed by atoms with E-state index in [9.17, 15) is 0 Å². The highest BCUT2D eigenvalue weighted by Crippen LogP contribution is 2.17. The van der Waals surface area contributed by atoms with E-state index in [1.807, 2.05) is 0 Å². The molecule has 1 unspecified atom stereocenters. The molecule has 1 rings (SSSR count). The van der Waals surface area contributed by atoms with Gasteiger partial charge in [0, 0.05) is 18.6 Å². The second-order valence-corrected chi connectivity index (χ2v) is 5.77. The van der Waals surface area contributed by atoms with Crippen LogP contribution in [0.1, 0.15) is 59.8 Å². The van der Waals surface area contributed by atoms with E-state index in [1.165, 1.54) is 32.1 Å². The summed E-state index contributed by atoms with van der Waals surface area (Å²) >= 11 is 0. The molecule has 1 atom stereocenters. The van der Waals surface area contributed by atoms with Gasteiger partial charge in [-0.3, -0.25) is 9.89 Å². The van der Waals surface area contributed by atoms with Crippen LogP contribution in [-0.4, -0.2) is 49.1 Å². The Bertz CT molecular complexity index is 268. The van der Waals surface area contributed by atoms with Crippen molar-refractivity contribution in [2.45, 2.75) is 71.9 Å². The fraction of sp³-hybridized carbons (Fsp3) is 0.938. The van der Waals surface area contributed by atoms with Crippen molar-refractivity contribution < 1.29 is 0 Å². The molecule has 0 saturated heterocycles. The van der Waals surface area contributed by atoms with Gasteiger partial charge in [0.25, 0.3) is 0 Å². The van der Waals surface area contributed by atoms with Crippen LogP contribution in [-0.2, 0) is 0 Å². The predicted octanol–water partition coefficient (Wildman–Crippen LogP) is 2.60. The minimum Gasteiger partial charge on any atom is -0.357 e. The molecule has 1 saturated carbocycles. The van der Waals surface area contributed by atoms with Crippen molar-refractivity contribution in [3.63, 3.8) is 0 Å². The Morgan fingerprint density at radius 3 is 2.35 bits per heavy atom. The topological polar surface area (TPSA) is 39.7 Å². The molecule has 1 aliphatic rings. The molecule has 0 heterocycles. The van der Waals surface area contributed by atoms with E-state index >= 15 is 0 Å². The van der Waals surface area contributed by atoms with Crippen molar-refractivity contribution in [1.29, 1.82) is 0 Å². The molecule has 0 aliphatic heterocycles. The number of nitrogens with one attached hydrogen (secondary N) is 2. The monoisotopic (exact) mass is 282 g/mol. The maximum atomic E-state index is 4.78. The minimum absolute atomic E-state index is 0.506. The van der Waals surface area contributed by atoms with Crippen molar-refractivity contribution in [2.75, 3.05) is 26.2 Å². The number of nitrogens with zero attached hydrogens (tertiary/aromatic N) is 2. The first-order valence-corrected chi connectivity index (χ1v) is 8.50. The molecular formula is C16H34N4. The molecule has 118 valence electrons. The Morgan fingerprint density at radius 2 is 1.80 bits per heavy atom. The largest absolute Gasteiger partial charge is 0.357 e. The average Bonchev–Trinajstić information content (AvgIpc) is 2.47. The average molecular weight is 282 g/mol. The lowest BCUT2D eigenvalue weighted by atomic mass is 9.96. The zero-order valence-corrected chi connectivity index (χ0v) is 13.9. The third-order valence-electron chi connectivity index (χ3n) is 4.24. The van der Waals surface area contributed by atoms with Gasteiger partial charge in [-0.1, -0.05) is 33.1 Å². The molecule has 1 aliphatic carbocycles. The van der Waals surface area contributed by atoms with Gasteiger partial charge < -0.3 is 10.6 Å². The van der Waals surface area contributed by atoms with Crippen molar-refractivity contribution in [3.8, 4) is 0 Å². The summed E-state index contributed by atoms with van der Waals surface area (Å²) < 4.78 is 0. The number of likely N-dealkylation sites (N-methyl/N-ethyl adjacent to an activating group) is 1. The van der Waals surface area contributed by atoms with Crippen molar-refractivity contribution >= 4 is 5.96 Å². The molecular weight excluding hydrogens is 248 g/mol. The summed E-state index contributed by atoms with van der Waals surface area (Å²) in [6.45, 7) is 12.8. The smallest absolute Gasteiger partial charge is 0.191 e. The number of aliphatic imine (C=N–C) groups is 1. The molecule has 0 amide bonds. The number of hydrogen-bond donors (Lipinski definition) is 2. The maximum absolute atomic E-state index is 4.78. The highest BCUT2D eigenvalue weighted by molar-refractivity contribution is 5.80. The summed E-state index contributed by atoms with van der Waals surface area (Å²) in [5.74, 6) is 0.999. The Kier molecular flexibility index (Phi) is 8.67. The molecule has 0 aromatic heterocycles. The fourth-order valence-electron chi connectivity index (χ4n) is 2.95. The molecule has 4 heteroatoms. The van der Waals surface area contributed by atoms with Gasteiger partial charge >= 0.3 is 0 Å². The van der Waals surface area contributed by atoms with Crippen LogP contribution in [0.25, 0.3) is 0 Å². The predicted molar refractivity (Wildman–Crippen MR) is 88.4 cm³/mol. The minimum atomic E-state index is 0.506. The summed E-state index contributed by atoms with van der Waals surface area (Å²) in [6, 6.07) is 1.12. The van der Waals surface area contributed by atoms with Crippen LogP contribution in [0.3, 0.4) is 0 Å². The first kappa shape index (κ1) is 17.3. The second-order valence-electron chi connectivity index (χ2n) is 5.77. The van der Waals surface area contributed by atoms with Crippen LogP contribution in [0.2, 0.25) is 0 Å². The Morgan fingerprint density at radius 1 is 1.15 bits per heavy atom. The van der Waals surface area contributed by atoms with Crippen molar-refractivity contribution in [2.24, 2.45) is 4.99 Å². The van der Waals surface area contributed by atoms with Crippen LogP contribution >= 0.6 is 0 Å². The molecule has 4 nitrogen and oxygen atoms in total. The van der Waals surface area contributed by atoms with E-state index in [0.717, 1.165) is 32.1 Å². The molecule has 1 fully saturated rings. The van der Waals surface area contributed by atoms with Gasteiger partial charge in [0.15, 0.2) is 5.96 Å². The third-order valence-corrected chi connectivity index (χ3v) is 4.24. The van der Waals surface area contributed by atoms with Gasteiger partial charge in [0.1, 0.15) is 0 Å². The third kappa shape index (κ3) is 6.12. The Hall–Kier alpha value is -0.770. The van der Waals surface area contributed by atoms with E-state index in [-0.39, 0.29) is 0 Å². The van der Waals surface area contributed by atoms with E-state index in [4.69, 9.17) is 4.99 Å². The van der Waals surface area contributed by atoms with Gasteiger partial charge in [-0.15, -0.1) is 0 Å². The van der Waals surface area contributed by atoms with Crippen LogP contribution < -0.4 is 10.6 Å². The normalized spacial score (nSPS) is 19.1. The summed E-state index contributed by atoms with van der Waals surface area (Å²) in [5, 5.41) is 6.99. The fourth-order valence-corrected chi connectivity index (χ4v) is 2.95. The zero-order valence-electron chi connectivity index (χ0n) is 13.9. The highest BCUT2D eigenvalue weighted by atomic mass is 15.2. The second kappa shape index (κ2) is 10.0. The first-order valence-electron chi connectivity index (χ1n) is 8.50. The lowest BCUT2D eigenvalue weighted by molar-refractivity contribution is 0.236. The molecule has 0 aromatic rings. The lowest BCUT2D eigenvalue weighted by Gasteiger charge is -2.27. The molecule has 20 heavy (non-hydrogen) atoms. The summed E-state index contributed by atoms with van der Waals surface area (Å²) in [4.78, 5) is 7.23. The van der Waals surface area contributed by atoms with E-state index in [1.54, 1.807) is 0 Å². The van der Waals surface area contributed by atoms with E-state index < -0.39 is 0 Å². The van der Waals surface area contributed by atoms with E-state index in [2.05, 4.69) is 43.2 Å². The highest BCUT2D eigenvalue weighted by Gasteiger charge is 2.15. The summed E-state index contributed by atoms with van der Waals surface area (Å²) in [6.07, 6.45) is 6.68. The molecule has 0 bridgehead atoms.